The number of ether oxygens (including phenoxy) is 1. The average molecular weight is 526 g/mol. The third-order valence-corrected chi connectivity index (χ3v) is 8.30. The van der Waals surface area contributed by atoms with Crippen LogP contribution in [0.2, 0.25) is 0 Å². The number of carboxylic acids is 1. The summed E-state index contributed by atoms with van der Waals surface area (Å²) >= 11 is 0. The lowest BCUT2D eigenvalue weighted by molar-refractivity contribution is -0.158. The predicted molar refractivity (Wildman–Crippen MR) is 153 cm³/mol. The van der Waals surface area contributed by atoms with Crippen LogP contribution in [0.5, 0.6) is 5.75 Å². The monoisotopic (exact) mass is 525 g/mol. The molecular formula is C33H48FNO3. The fourth-order valence-electron chi connectivity index (χ4n) is 5.70. The molecule has 1 N–H and O–H groups in total. The fourth-order valence-corrected chi connectivity index (χ4v) is 5.70. The molecule has 0 saturated heterocycles. The van der Waals surface area contributed by atoms with Crippen molar-refractivity contribution in [3.8, 4) is 17.0 Å². The largest absolute Gasteiger partial charge is 0.493 e. The Labute approximate surface area is 229 Å². The highest BCUT2D eigenvalue weighted by Gasteiger charge is 2.47. The second-order valence-corrected chi connectivity index (χ2v) is 11.2. The van der Waals surface area contributed by atoms with Crippen molar-refractivity contribution in [1.29, 1.82) is 0 Å². The zero-order chi connectivity index (χ0) is 27.2. The molecular weight excluding hydrogens is 477 g/mol. The van der Waals surface area contributed by atoms with Crippen LogP contribution in [0.1, 0.15) is 109 Å². The standard InChI is InChI=1S/C33H48FNO3/c1-3-5-6-7-8-9-11-14-27-17-22-31(35-24-27)28-18-20-30(21-19-28)38-25-26(4-2)23-33(34,32(36)37)29-15-12-10-13-16-29/h17-22,24,26,29H,3-16,23,25H2,1-2H3,(H,36,37)/t26?,33-/m0/s1. The van der Waals surface area contributed by atoms with Crippen LogP contribution in [0.4, 0.5) is 4.39 Å². The molecule has 1 aliphatic carbocycles. The lowest BCUT2D eigenvalue weighted by atomic mass is 9.74. The first-order chi connectivity index (χ1) is 18.5. The number of nitrogens with zero attached hydrogens (tertiary/aromatic N) is 1. The highest BCUT2D eigenvalue weighted by molar-refractivity contribution is 5.77. The van der Waals surface area contributed by atoms with Crippen LogP contribution in [0.3, 0.4) is 0 Å². The molecule has 38 heavy (non-hydrogen) atoms. The van der Waals surface area contributed by atoms with Crippen molar-refractivity contribution in [1.82, 2.24) is 4.98 Å². The molecule has 0 spiro atoms. The van der Waals surface area contributed by atoms with Crippen molar-refractivity contribution < 1.29 is 19.0 Å². The summed E-state index contributed by atoms with van der Waals surface area (Å²) in [5.41, 5.74) is 1.08. The minimum absolute atomic E-state index is 0.0106. The third kappa shape index (κ3) is 9.10. The molecule has 0 amide bonds. The number of unbranched alkanes of at least 4 members (excludes halogenated alkanes) is 6. The first-order valence-electron chi connectivity index (χ1n) is 15.1. The van der Waals surface area contributed by atoms with Crippen LogP contribution in [-0.2, 0) is 11.2 Å². The maximum atomic E-state index is 15.7. The van der Waals surface area contributed by atoms with Gasteiger partial charge in [-0.1, -0.05) is 77.7 Å². The molecule has 4 nitrogen and oxygen atoms in total. The first kappa shape index (κ1) is 30.1. The molecule has 0 bridgehead atoms. The number of rotatable bonds is 17. The number of carboxylic acid groups (broad SMARTS) is 1. The molecule has 1 heterocycles. The van der Waals surface area contributed by atoms with Crippen molar-refractivity contribution in [3.63, 3.8) is 0 Å². The van der Waals surface area contributed by atoms with Crippen molar-refractivity contribution in [2.45, 2.75) is 116 Å². The van der Waals surface area contributed by atoms with Gasteiger partial charge in [0.2, 0.25) is 5.67 Å². The van der Waals surface area contributed by atoms with Gasteiger partial charge in [0.25, 0.3) is 0 Å². The summed E-state index contributed by atoms with van der Waals surface area (Å²) in [6.45, 7) is 4.54. The Morgan fingerprint density at radius 3 is 2.29 bits per heavy atom. The van der Waals surface area contributed by atoms with E-state index in [2.05, 4.69) is 24.0 Å². The van der Waals surface area contributed by atoms with Crippen molar-refractivity contribution in [2.75, 3.05) is 6.61 Å². The molecule has 210 valence electrons. The molecule has 0 aliphatic heterocycles. The molecule has 0 radical (unpaired) electrons. The summed E-state index contributed by atoms with van der Waals surface area (Å²) in [7, 11) is 0. The average Bonchev–Trinajstić information content (AvgIpc) is 2.95. The quantitative estimate of drug-likeness (QED) is 0.209. The summed E-state index contributed by atoms with van der Waals surface area (Å²) in [5.74, 6) is -1.15. The Kier molecular flexibility index (Phi) is 12.6. The topological polar surface area (TPSA) is 59.4 Å². The van der Waals surface area contributed by atoms with Gasteiger partial charge in [0.15, 0.2) is 0 Å². The molecule has 5 heteroatoms. The van der Waals surface area contributed by atoms with Crippen LogP contribution in [0, 0.1) is 11.8 Å². The number of benzene rings is 1. The Bertz CT molecular complexity index is 940. The predicted octanol–water partition coefficient (Wildman–Crippen LogP) is 9.21. The number of hydrogen-bond acceptors (Lipinski definition) is 3. The van der Waals surface area contributed by atoms with Gasteiger partial charge in [-0.3, -0.25) is 4.98 Å². The molecule has 2 atom stereocenters. The molecule has 1 fully saturated rings. The van der Waals surface area contributed by atoms with E-state index in [9.17, 15) is 9.90 Å². The first-order valence-corrected chi connectivity index (χ1v) is 15.1. The van der Waals surface area contributed by atoms with E-state index in [1.165, 1.54) is 50.5 Å². The molecule has 1 aromatic heterocycles. The molecule has 2 aromatic rings. The van der Waals surface area contributed by atoms with Crippen LogP contribution < -0.4 is 4.74 Å². The highest BCUT2D eigenvalue weighted by atomic mass is 19.1. The van der Waals surface area contributed by atoms with E-state index >= 15 is 4.39 Å². The Morgan fingerprint density at radius 1 is 1.00 bits per heavy atom. The third-order valence-electron chi connectivity index (χ3n) is 8.30. The minimum atomic E-state index is -2.17. The van der Waals surface area contributed by atoms with Crippen LogP contribution >= 0.6 is 0 Å². The van der Waals surface area contributed by atoms with Gasteiger partial charge in [-0.05, 0) is 80.3 Å². The fraction of sp³-hybridized carbons (Fsp3) is 0.636. The minimum Gasteiger partial charge on any atom is -0.493 e. The van der Waals surface area contributed by atoms with E-state index in [0.29, 0.717) is 31.6 Å². The molecule has 1 aromatic carbocycles. The second-order valence-electron chi connectivity index (χ2n) is 11.2. The molecule has 1 aliphatic rings. The maximum Gasteiger partial charge on any atom is 0.341 e. The number of aliphatic carboxylic acids is 1. The maximum absolute atomic E-state index is 15.7. The van der Waals surface area contributed by atoms with Gasteiger partial charge in [-0.2, -0.15) is 0 Å². The molecule has 3 rings (SSSR count). The van der Waals surface area contributed by atoms with Gasteiger partial charge in [0, 0.05) is 17.7 Å². The summed E-state index contributed by atoms with van der Waals surface area (Å²) in [5, 5.41) is 9.74. The van der Waals surface area contributed by atoms with Crippen LogP contribution in [0.25, 0.3) is 11.3 Å². The Balaban J connectivity index is 1.47. The number of alkyl halides is 1. The normalized spacial score (nSPS) is 16.6. The van der Waals surface area contributed by atoms with Crippen LogP contribution in [0.15, 0.2) is 42.6 Å². The number of pyridine rings is 1. The lowest BCUT2D eigenvalue weighted by Gasteiger charge is -2.35. The van der Waals surface area contributed by atoms with Crippen LogP contribution in [-0.4, -0.2) is 28.3 Å². The van der Waals surface area contributed by atoms with Crippen molar-refractivity contribution in [3.05, 3.63) is 48.2 Å². The summed E-state index contributed by atoms with van der Waals surface area (Å²) < 4.78 is 21.7. The van der Waals surface area contributed by atoms with E-state index in [-0.39, 0.29) is 12.3 Å². The molecule has 1 unspecified atom stereocenters. The summed E-state index contributed by atoms with van der Waals surface area (Å²) in [6.07, 6.45) is 17.2. The van der Waals surface area contributed by atoms with Gasteiger partial charge >= 0.3 is 5.97 Å². The van der Waals surface area contributed by atoms with Gasteiger partial charge in [-0.15, -0.1) is 0 Å². The van der Waals surface area contributed by atoms with E-state index in [0.717, 1.165) is 36.9 Å². The summed E-state index contributed by atoms with van der Waals surface area (Å²) in [6, 6.07) is 12.1. The highest BCUT2D eigenvalue weighted by Crippen LogP contribution is 2.40. The Morgan fingerprint density at radius 2 is 1.68 bits per heavy atom. The zero-order valence-corrected chi connectivity index (χ0v) is 23.6. The second kappa shape index (κ2) is 15.9. The van der Waals surface area contributed by atoms with Gasteiger partial charge in [0.05, 0.1) is 12.3 Å². The van der Waals surface area contributed by atoms with Crippen molar-refractivity contribution in [2.24, 2.45) is 11.8 Å². The number of halogens is 1. The lowest BCUT2D eigenvalue weighted by Crippen LogP contribution is -2.44. The van der Waals surface area contributed by atoms with Gasteiger partial charge < -0.3 is 9.84 Å². The number of hydrogen-bond donors (Lipinski definition) is 1. The van der Waals surface area contributed by atoms with E-state index in [4.69, 9.17) is 4.74 Å². The zero-order valence-electron chi connectivity index (χ0n) is 23.6. The summed E-state index contributed by atoms with van der Waals surface area (Å²) in [4.78, 5) is 16.6. The SMILES string of the molecule is CCCCCCCCCc1ccc(-c2ccc(OCC(CC)C[C@@](F)(C(=O)O)C3CCCCC3)cc2)nc1. The van der Waals surface area contributed by atoms with Crippen molar-refractivity contribution >= 4 is 5.97 Å². The van der Waals surface area contributed by atoms with E-state index in [1.807, 2.05) is 37.4 Å². The van der Waals surface area contributed by atoms with Gasteiger partial charge in [0.1, 0.15) is 5.75 Å². The number of aryl methyl sites for hydroxylation is 1. The smallest absolute Gasteiger partial charge is 0.341 e. The Hall–Kier alpha value is -2.43. The van der Waals surface area contributed by atoms with E-state index in [1.54, 1.807) is 0 Å². The number of aromatic nitrogens is 1. The van der Waals surface area contributed by atoms with E-state index < -0.39 is 17.6 Å². The molecule has 1 saturated carbocycles. The van der Waals surface area contributed by atoms with Gasteiger partial charge in [-0.25, -0.2) is 9.18 Å². The number of carbonyl (C=O) groups is 1.